The molecule has 0 spiro atoms. The number of piperidine rings is 1. The fraction of sp³-hybridized carbons (Fsp3) is 0.615. The van der Waals surface area contributed by atoms with Crippen molar-refractivity contribution in [3.05, 3.63) is 15.8 Å². The number of ether oxygens (including phenoxy) is 1. The summed E-state index contributed by atoms with van der Waals surface area (Å²) in [4.78, 5) is 11.1. The SMILES string of the molecule is COCC1CCN(S(=O)(=O)c2c(C)csc2C(=O)O)CC1. The van der Waals surface area contributed by atoms with Crippen LogP contribution in [0.5, 0.6) is 0 Å². The van der Waals surface area contributed by atoms with Crippen molar-refractivity contribution in [3.63, 3.8) is 0 Å². The van der Waals surface area contributed by atoms with E-state index in [-0.39, 0.29) is 9.77 Å². The number of sulfonamides is 1. The van der Waals surface area contributed by atoms with E-state index in [0.29, 0.717) is 31.2 Å². The van der Waals surface area contributed by atoms with E-state index in [1.54, 1.807) is 19.4 Å². The molecular formula is C13H19NO5S2. The van der Waals surface area contributed by atoms with Gasteiger partial charge in [0.2, 0.25) is 10.0 Å². The number of rotatable bonds is 5. The Morgan fingerprint density at radius 3 is 2.62 bits per heavy atom. The Bertz CT molecular complexity index is 615. The molecular weight excluding hydrogens is 314 g/mol. The number of carboxylic acids is 1. The number of carbonyl (C=O) groups is 1. The van der Waals surface area contributed by atoms with Crippen LogP contribution < -0.4 is 0 Å². The predicted octanol–water partition coefficient (Wildman–Crippen LogP) is 1.80. The summed E-state index contributed by atoms with van der Waals surface area (Å²) >= 11 is 0.958. The van der Waals surface area contributed by atoms with Crippen molar-refractivity contribution in [2.24, 2.45) is 5.92 Å². The van der Waals surface area contributed by atoms with E-state index < -0.39 is 16.0 Å². The molecule has 2 heterocycles. The molecule has 0 bridgehead atoms. The molecule has 2 rings (SSSR count). The normalized spacial score (nSPS) is 18.0. The Hall–Kier alpha value is -0.960. The van der Waals surface area contributed by atoms with Gasteiger partial charge in [-0.3, -0.25) is 0 Å². The van der Waals surface area contributed by atoms with Crippen molar-refractivity contribution >= 4 is 27.3 Å². The van der Waals surface area contributed by atoms with Gasteiger partial charge < -0.3 is 9.84 Å². The molecule has 0 saturated carbocycles. The fourth-order valence-electron chi connectivity index (χ4n) is 2.58. The number of nitrogens with zero attached hydrogens (tertiary/aromatic N) is 1. The standard InChI is InChI=1S/C13H19NO5S2/c1-9-8-20-11(13(15)16)12(9)21(17,18)14-5-3-10(4-6-14)7-19-2/h8,10H,3-7H2,1-2H3,(H,15,16). The van der Waals surface area contributed by atoms with E-state index in [1.807, 2.05) is 0 Å². The van der Waals surface area contributed by atoms with Gasteiger partial charge in [-0.05, 0) is 36.6 Å². The summed E-state index contributed by atoms with van der Waals surface area (Å²) in [6.07, 6.45) is 1.47. The number of aryl methyl sites for hydroxylation is 1. The summed E-state index contributed by atoms with van der Waals surface area (Å²) in [5, 5.41) is 10.7. The van der Waals surface area contributed by atoms with Gasteiger partial charge in [-0.2, -0.15) is 4.31 Å². The Morgan fingerprint density at radius 2 is 2.10 bits per heavy atom. The second-order valence-corrected chi connectivity index (χ2v) is 7.94. The Kier molecular flexibility index (Phi) is 5.03. The molecule has 1 N–H and O–H groups in total. The van der Waals surface area contributed by atoms with Crippen LogP contribution in [-0.2, 0) is 14.8 Å². The van der Waals surface area contributed by atoms with Crippen molar-refractivity contribution in [3.8, 4) is 0 Å². The number of hydrogen-bond acceptors (Lipinski definition) is 5. The zero-order valence-electron chi connectivity index (χ0n) is 12.0. The van der Waals surface area contributed by atoms with Gasteiger partial charge in [0.1, 0.15) is 9.77 Å². The van der Waals surface area contributed by atoms with Crippen molar-refractivity contribution < 1.29 is 23.1 Å². The van der Waals surface area contributed by atoms with E-state index in [4.69, 9.17) is 9.84 Å². The third kappa shape index (κ3) is 3.28. The lowest BCUT2D eigenvalue weighted by molar-refractivity contribution is 0.0698. The molecule has 8 heteroatoms. The van der Waals surface area contributed by atoms with Crippen LogP contribution in [0.4, 0.5) is 0 Å². The summed E-state index contributed by atoms with van der Waals surface area (Å²) in [6, 6.07) is 0. The molecule has 0 radical (unpaired) electrons. The molecule has 21 heavy (non-hydrogen) atoms. The van der Waals surface area contributed by atoms with Crippen molar-refractivity contribution in [1.82, 2.24) is 4.31 Å². The van der Waals surface area contributed by atoms with Gasteiger partial charge in [0.05, 0.1) is 0 Å². The Balaban J connectivity index is 2.24. The zero-order chi connectivity index (χ0) is 15.6. The van der Waals surface area contributed by atoms with Gasteiger partial charge in [0.15, 0.2) is 0 Å². The minimum atomic E-state index is -3.74. The average molecular weight is 333 g/mol. The molecule has 1 aromatic heterocycles. The summed E-state index contributed by atoms with van der Waals surface area (Å²) in [5.41, 5.74) is 0.497. The van der Waals surface area contributed by atoms with E-state index in [1.165, 1.54) is 4.31 Å². The molecule has 1 saturated heterocycles. The van der Waals surface area contributed by atoms with Crippen LogP contribution in [0, 0.1) is 12.8 Å². The summed E-state index contributed by atoms with van der Waals surface area (Å²) in [5.74, 6) is -0.829. The molecule has 1 aliphatic rings. The first kappa shape index (κ1) is 16.4. The van der Waals surface area contributed by atoms with Crippen molar-refractivity contribution in [2.45, 2.75) is 24.7 Å². The van der Waals surface area contributed by atoms with Crippen molar-refractivity contribution in [2.75, 3.05) is 26.8 Å². The summed E-state index contributed by atoms with van der Waals surface area (Å²) < 4.78 is 31.9. The monoisotopic (exact) mass is 333 g/mol. The third-order valence-corrected chi connectivity index (χ3v) is 6.99. The van der Waals surface area contributed by atoms with Crippen molar-refractivity contribution in [1.29, 1.82) is 0 Å². The first-order valence-corrected chi connectivity index (χ1v) is 9.00. The number of methoxy groups -OCH3 is 1. The van der Waals surface area contributed by atoms with Crippen LogP contribution in [0.2, 0.25) is 0 Å². The largest absolute Gasteiger partial charge is 0.477 e. The highest BCUT2D eigenvalue weighted by Crippen LogP contribution is 2.31. The molecule has 1 aromatic rings. The zero-order valence-corrected chi connectivity index (χ0v) is 13.7. The van der Waals surface area contributed by atoms with Gasteiger partial charge in [-0.25, -0.2) is 13.2 Å². The molecule has 1 fully saturated rings. The van der Waals surface area contributed by atoms with Gasteiger partial charge >= 0.3 is 5.97 Å². The smallest absolute Gasteiger partial charge is 0.347 e. The lowest BCUT2D eigenvalue weighted by Gasteiger charge is -2.31. The second-order valence-electron chi connectivity index (χ2n) is 5.18. The van der Waals surface area contributed by atoms with Crippen LogP contribution in [0.15, 0.2) is 10.3 Å². The number of aromatic carboxylic acids is 1. The van der Waals surface area contributed by atoms with Crippen LogP contribution in [0.25, 0.3) is 0 Å². The molecule has 0 unspecified atom stereocenters. The number of thiophene rings is 1. The molecule has 118 valence electrons. The maximum absolute atomic E-state index is 12.7. The highest BCUT2D eigenvalue weighted by atomic mass is 32.2. The van der Waals surface area contributed by atoms with Gasteiger partial charge in [-0.1, -0.05) is 0 Å². The van der Waals surface area contributed by atoms with E-state index in [9.17, 15) is 13.2 Å². The van der Waals surface area contributed by atoms with Gasteiger partial charge in [0, 0.05) is 26.8 Å². The maximum Gasteiger partial charge on any atom is 0.347 e. The lowest BCUT2D eigenvalue weighted by atomic mass is 9.99. The van der Waals surface area contributed by atoms with E-state index in [2.05, 4.69) is 0 Å². The van der Waals surface area contributed by atoms with Gasteiger partial charge in [0.25, 0.3) is 0 Å². The molecule has 1 aliphatic heterocycles. The molecule has 0 aromatic carbocycles. The topological polar surface area (TPSA) is 83.9 Å². The van der Waals surface area contributed by atoms with Crippen LogP contribution in [-0.4, -0.2) is 50.6 Å². The molecule has 0 atom stereocenters. The number of carboxylic acid groups (broad SMARTS) is 1. The average Bonchev–Trinajstić information content (AvgIpc) is 2.82. The minimum Gasteiger partial charge on any atom is -0.477 e. The summed E-state index contributed by atoms with van der Waals surface area (Å²) in [6.45, 7) is 3.08. The second kappa shape index (κ2) is 6.43. The number of hydrogen-bond donors (Lipinski definition) is 1. The first-order valence-electron chi connectivity index (χ1n) is 6.68. The maximum atomic E-state index is 12.7. The molecule has 0 amide bonds. The fourth-order valence-corrected chi connectivity index (χ4v) is 5.64. The first-order chi connectivity index (χ1) is 9.87. The highest BCUT2D eigenvalue weighted by molar-refractivity contribution is 7.89. The quantitative estimate of drug-likeness (QED) is 0.888. The predicted molar refractivity (Wildman–Crippen MR) is 79.4 cm³/mol. The van der Waals surface area contributed by atoms with E-state index in [0.717, 1.165) is 24.2 Å². The van der Waals surface area contributed by atoms with Crippen LogP contribution in [0.3, 0.4) is 0 Å². The minimum absolute atomic E-state index is 0.0507. The molecule has 6 nitrogen and oxygen atoms in total. The van der Waals surface area contributed by atoms with E-state index >= 15 is 0 Å². The van der Waals surface area contributed by atoms with Crippen LogP contribution in [0.1, 0.15) is 28.1 Å². The third-order valence-electron chi connectivity index (χ3n) is 3.69. The van der Waals surface area contributed by atoms with Crippen LogP contribution >= 0.6 is 11.3 Å². The summed E-state index contributed by atoms with van der Waals surface area (Å²) in [7, 11) is -2.11. The Labute approximate surface area is 128 Å². The molecule has 0 aliphatic carbocycles. The highest BCUT2D eigenvalue weighted by Gasteiger charge is 2.34. The lowest BCUT2D eigenvalue weighted by Crippen LogP contribution is -2.39. The van der Waals surface area contributed by atoms with Gasteiger partial charge in [-0.15, -0.1) is 11.3 Å². The Morgan fingerprint density at radius 1 is 1.48 bits per heavy atom.